The lowest BCUT2D eigenvalue weighted by molar-refractivity contribution is -0.137. The number of aliphatic hydroxyl groups excluding tert-OH is 3. The van der Waals surface area contributed by atoms with Crippen LogP contribution >= 0.6 is 0 Å². The molecular formula is C42H79NO8S. The molecule has 1 rings (SSSR count). The van der Waals surface area contributed by atoms with Crippen molar-refractivity contribution in [3.05, 3.63) is 42.5 Å². The minimum absolute atomic E-state index is 0.0694. The molecule has 0 unspecified atom stereocenters. The second-order valence-corrected chi connectivity index (χ2v) is 15.1. The van der Waals surface area contributed by atoms with Gasteiger partial charge < -0.3 is 20.4 Å². The molecule has 0 amide bonds. The van der Waals surface area contributed by atoms with E-state index in [1.165, 1.54) is 122 Å². The third-order valence-electron chi connectivity index (χ3n) is 8.67. The molecule has 0 saturated heterocycles. The van der Waals surface area contributed by atoms with Gasteiger partial charge in [0.15, 0.2) is 0 Å². The predicted octanol–water partition coefficient (Wildman–Crippen LogP) is 9.69. The van der Waals surface area contributed by atoms with Gasteiger partial charge in [0.25, 0.3) is 10.1 Å². The van der Waals surface area contributed by atoms with Gasteiger partial charge in [-0.1, -0.05) is 153 Å². The fourth-order valence-electron chi connectivity index (χ4n) is 5.52. The van der Waals surface area contributed by atoms with Crippen LogP contribution < -0.4 is 0 Å². The second-order valence-electron chi connectivity index (χ2n) is 13.5. The van der Waals surface area contributed by atoms with Crippen molar-refractivity contribution in [2.45, 2.75) is 173 Å². The maximum Gasteiger partial charge on any atom is 0.303 e. The van der Waals surface area contributed by atoms with E-state index < -0.39 is 16.1 Å². The molecule has 4 N–H and O–H groups in total. The Morgan fingerprint density at radius 3 is 1.38 bits per heavy atom. The molecule has 0 radical (unpaired) electrons. The smallest absolute Gasteiger partial charge is 0.303 e. The Morgan fingerprint density at radius 2 is 0.981 bits per heavy atom. The summed E-state index contributed by atoms with van der Waals surface area (Å²) in [4.78, 5) is 12.4. The van der Waals surface area contributed by atoms with Gasteiger partial charge in [0, 0.05) is 26.1 Å². The molecule has 0 spiro atoms. The quantitative estimate of drug-likeness (QED) is 0.0307. The van der Waals surface area contributed by atoms with Crippen molar-refractivity contribution in [2.75, 3.05) is 46.1 Å². The van der Waals surface area contributed by atoms with Crippen LogP contribution in [-0.4, -0.2) is 85.8 Å². The van der Waals surface area contributed by atoms with Crippen LogP contribution in [0.4, 0.5) is 0 Å². The highest BCUT2D eigenvalue weighted by atomic mass is 32.2. The highest BCUT2D eigenvalue weighted by Gasteiger charge is 2.13. The van der Waals surface area contributed by atoms with E-state index in [1.807, 2.05) is 0 Å². The largest absolute Gasteiger partial charge is 0.481 e. The fourth-order valence-corrected chi connectivity index (χ4v) is 6.48. The molecule has 306 valence electrons. The van der Waals surface area contributed by atoms with Crippen LogP contribution in [-0.2, 0) is 19.1 Å². The lowest BCUT2D eigenvalue weighted by Gasteiger charge is -2.17. The van der Waals surface area contributed by atoms with E-state index >= 15 is 0 Å². The van der Waals surface area contributed by atoms with Gasteiger partial charge in [0.1, 0.15) is 0 Å². The molecule has 0 heterocycles. The number of unbranched alkanes of at least 4 members (excludes halogenated alkanes) is 20. The molecule has 1 aromatic carbocycles. The number of carboxylic acid groups (broad SMARTS) is 1. The average Bonchev–Trinajstić information content (AvgIpc) is 3.13. The summed E-state index contributed by atoms with van der Waals surface area (Å²) in [5, 5.41) is 34.0. The zero-order chi connectivity index (χ0) is 38.8. The van der Waals surface area contributed by atoms with Gasteiger partial charge in [-0.25, -0.2) is 0 Å². The van der Waals surface area contributed by atoms with Crippen LogP contribution in [0.15, 0.2) is 47.4 Å². The molecular weight excluding hydrogens is 679 g/mol. The number of rotatable bonds is 34. The summed E-state index contributed by atoms with van der Waals surface area (Å²) in [6.07, 6.45) is 33.5. The molecule has 9 nitrogen and oxygen atoms in total. The van der Waals surface area contributed by atoms with Crippen LogP contribution in [0.5, 0.6) is 0 Å². The van der Waals surface area contributed by atoms with E-state index in [4.69, 9.17) is 24.6 Å². The molecule has 0 aromatic heterocycles. The maximum absolute atomic E-state index is 11.9. The summed E-state index contributed by atoms with van der Waals surface area (Å²) in [6, 6.07) is 8.33. The topological polar surface area (TPSA) is 145 Å². The monoisotopic (exact) mass is 758 g/mol. The van der Waals surface area contributed by atoms with Gasteiger partial charge >= 0.3 is 5.97 Å². The first kappa shape index (κ1) is 52.3. The van der Waals surface area contributed by atoms with Crippen molar-refractivity contribution in [3.63, 3.8) is 0 Å². The van der Waals surface area contributed by atoms with E-state index in [9.17, 15) is 13.2 Å². The number of carbonyl (C=O) groups is 1. The first-order valence-electron chi connectivity index (χ1n) is 20.6. The Kier molecular flexibility index (Phi) is 42.2. The number of aliphatic carboxylic acids is 1. The number of benzene rings is 1. The Balaban J connectivity index is 0. The SMILES string of the molecule is CCCCCCCC/C=C\CCCCCCCC(=O)O.CCCCCCCCCCCCOS(=O)(=O)c1ccccc1.OCCN(CCO)CCO. The first-order valence-corrected chi connectivity index (χ1v) is 22.1. The normalized spacial score (nSPS) is 11.3. The molecule has 10 heteroatoms. The Morgan fingerprint density at radius 1 is 0.596 bits per heavy atom. The van der Waals surface area contributed by atoms with Crippen molar-refractivity contribution in [3.8, 4) is 0 Å². The summed E-state index contributed by atoms with van der Waals surface area (Å²) in [5.74, 6) is -0.664. The number of carboxylic acids is 1. The summed E-state index contributed by atoms with van der Waals surface area (Å²) in [6.45, 7) is 6.53. The predicted molar refractivity (Wildman–Crippen MR) is 216 cm³/mol. The van der Waals surface area contributed by atoms with Crippen LogP contribution in [0.1, 0.15) is 168 Å². The van der Waals surface area contributed by atoms with E-state index in [1.54, 1.807) is 35.2 Å². The summed E-state index contributed by atoms with van der Waals surface area (Å²) < 4.78 is 28.8. The van der Waals surface area contributed by atoms with Gasteiger partial charge in [-0.2, -0.15) is 8.42 Å². The average molecular weight is 758 g/mol. The van der Waals surface area contributed by atoms with Crippen molar-refractivity contribution < 1.29 is 37.8 Å². The number of nitrogens with zero attached hydrogens (tertiary/aromatic N) is 1. The Bertz CT molecular complexity index is 977. The highest BCUT2D eigenvalue weighted by molar-refractivity contribution is 7.86. The summed E-state index contributed by atoms with van der Waals surface area (Å²) in [5.41, 5.74) is 0. The van der Waals surface area contributed by atoms with Gasteiger partial charge in [-0.05, 0) is 50.7 Å². The van der Waals surface area contributed by atoms with Crippen molar-refractivity contribution in [2.24, 2.45) is 0 Å². The standard InChI is InChI=1S/C18H30O3S.C18H34O2.C6H15NO3/c1-2-3-4-5-6-7-8-9-10-14-17-21-22(19,20)18-15-12-11-13-16-18;1-2-3-4-5-6-7-8-9-10-11-12-13-14-15-16-17-18(19)20;8-4-1-7(2-5-9)3-6-10/h11-13,15-16H,2-10,14,17H2,1H3;9-10H,2-8,11-17H2,1H3,(H,19,20);8-10H,1-6H2/b;10-9-;. The lowest BCUT2D eigenvalue weighted by Crippen LogP contribution is -2.32. The van der Waals surface area contributed by atoms with Gasteiger partial charge in [0.05, 0.1) is 31.3 Å². The minimum atomic E-state index is -3.57. The number of aliphatic hydroxyl groups is 3. The fraction of sp³-hybridized carbons (Fsp3) is 0.786. The second kappa shape index (κ2) is 41.9. The van der Waals surface area contributed by atoms with E-state index in [0.29, 0.717) is 26.1 Å². The summed E-state index contributed by atoms with van der Waals surface area (Å²) >= 11 is 0. The Labute approximate surface area is 319 Å². The van der Waals surface area contributed by atoms with Crippen LogP contribution in [0.2, 0.25) is 0 Å². The van der Waals surface area contributed by atoms with Gasteiger partial charge in [0.2, 0.25) is 0 Å². The van der Waals surface area contributed by atoms with Crippen molar-refractivity contribution >= 4 is 16.1 Å². The minimum Gasteiger partial charge on any atom is -0.481 e. The van der Waals surface area contributed by atoms with Crippen LogP contribution in [0, 0.1) is 0 Å². The maximum atomic E-state index is 11.9. The third-order valence-corrected chi connectivity index (χ3v) is 10.00. The number of hydrogen-bond donors (Lipinski definition) is 4. The van der Waals surface area contributed by atoms with Crippen LogP contribution in [0.3, 0.4) is 0 Å². The number of hydrogen-bond acceptors (Lipinski definition) is 8. The Hall–Kier alpha value is -1.82. The van der Waals surface area contributed by atoms with E-state index in [2.05, 4.69) is 26.0 Å². The molecule has 0 aliphatic carbocycles. The third kappa shape index (κ3) is 39.4. The molecule has 1 aromatic rings. The lowest BCUT2D eigenvalue weighted by atomic mass is 10.1. The molecule has 52 heavy (non-hydrogen) atoms. The molecule has 0 bridgehead atoms. The first-order chi connectivity index (χ1) is 25.3. The zero-order valence-corrected chi connectivity index (χ0v) is 34.1. The zero-order valence-electron chi connectivity index (χ0n) is 33.2. The van der Waals surface area contributed by atoms with Crippen molar-refractivity contribution in [1.82, 2.24) is 4.90 Å². The van der Waals surface area contributed by atoms with Crippen LogP contribution in [0.25, 0.3) is 0 Å². The van der Waals surface area contributed by atoms with E-state index in [-0.39, 0.29) is 31.3 Å². The van der Waals surface area contributed by atoms with Gasteiger partial charge in [-0.15, -0.1) is 0 Å². The summed E-state index contributed by atoms with van der Waals surface area (Å²) in [7, 11) is -3.57. The van der Waals surface area contributed by atoms with Crippen molar-refractivity contribution in [1.29, 1.82) is 0 Å². The molecule has 0 atom stereocenters. The van der Waals surface area contributed by atoms with Gasteiger partial charge in [-0.3, -0.25) is 13.9 Å². The number of allylic oxidation sites excluding steroid dienone is 2. The molecule has 0 aliphatic rings. The molecule has 0 fully saturated rings. The highest BCUT2D eigenvalue weighted by Crippen LogP contribution is 2.14. The molecule has 0 aliphatic heterocycles. The van der Waals surface area contributed by atoms with E-state index in [0.717, 1.165) is 25.7 Å². The molecule has 0 saturated carbocycles.